The van der Waals surface area contributed by atoms with Gasteiger partial charge >= 0.3 is 0 Å². The Hall–Kier alpha value is -3.26. The van der Waals surface area contributed by atoms with Gasteiger partial charge in [0.2, 0.25) is 5.89 Å². The molecule has 0 atom stereocenters. The summed E-state index contributed by atoms with van der Waals surface area (Å²) in [5, 5.41) is 1.24. The average Bonchev–Trinajstić information content (AvgIpc) is 3.16. The number of rotatable bonds is 7. The van der Waals surface area contributed by atoms with Gasteiger partial charge < -0.3 is 13.9 Å². The maximum absolute atomic E-state index is 12.6. The number of para-hydroxylation sites is 1. The molecule has 4 aromatic rings. The third kappa shape index (κ3) is 4.16. The first-order valence-corrected chi connectivity index (χ1v) is 10.9. The molecule has 160 valence electrons. The molecule has 0 saturated heterocycles. The maximum Gasteiger partial charge on any atom is 0.261 e. The lowest BCUT2D eigenvalue weighted by Gasteiger charge is -2.09. The van der Waals surface area contributed by atoms with Crippen molar-refractivity contribution in [1.29, 1.82) is 0 Å². The zero-order chi connectivity index (χ0) is 22.0. The second kappa shape index (κ2) is 8.85. The van der Waals surface area contributed by atoms with Crippen LogP contribution in [0.15, 0.2) is 56.8 Å². The maximum atomic E-state index is 12.6. The molecular formula is C23H23N3O4S. The zero-order valence-corrected chi connectivity index (χ0v) is 18.7. The van der Waals surface area contributed by atoms with Gasteiger partial charge in [-0.15, -0.1) is 0 Å². The number of ether oxygens (including phenoxy) is 2. The highest BCUT2D eigenvalue weighted by atomic mass is 32.2. The van der Waals surface area contributed by atoms with Crippen molar-refractivity contribution in [2.75, 3.05) is 13.7 Å². The van der Waals surface area contributed by atoms with Gasteiger partial charge in [-0.2, -0.15) is 0 Å². The van der Waals surface area contributed by atoms with Gasteiger partial charge in [-0.3, -0.25) is 9.36 Å². The van der Waals surface area contributed by atoms with Crippen LogP contribution in [0.5, 0.6) is 11.5 Å². The standard InChI is InChI=1S/C23H23N3O4S/c1-5-29-19-11-10-15(12-20(19)28-4)21-24-18(14(2)30-21)13-31-23-25-17-9-7-6-8-16(17)22(27)26(23)3/h6-12H,5,13H2,1-4H3. The van der Waals surface area contributed by atoms with Crippen LogP contribution in [0.4, 0.5) is 0 Å². The molecule has 0 aliphatic heterocycles. The SMILES string of the molecule is CCOc1ccc(-c2nc(CSc3nc4ccccc4c(=O)n3C)c(C)o2)cc1OC. The summed E-state index contributed by atoms with van der Waals surface area (Å²) in [5.41, 5.74) is 2.23. The van der Waals surface area contributed by atoms with Crippen LogP contribution in [0, 0.1) is 6.92 Å². The number of fused-ring (bicyclic) bond motifs is 1. The Morgan fingerprint density at radius 2 is 1.94 bits per heavy atom. The fraction of sp³-hybridized carbons (Fsp3) is 0.261. The molecule has 7 nitrogen and oxygen atoms in total. The van der Waals surface area contributed by atoms with Crippen molar-refractivity contribution in [2.45, 2.75) is 24.8 Å². The Labute approximate surface area is 184 Å². The van der Waals surface area contributed by atoms with Crippen molar-refractivity contribution >= 4 is 22.7 Å². The topological polar surface area (TPSA) is 79.4 Å². The molecule has 0 spiro atoms. The lowest BCUT2D eigenvalue weighted by molar-refractivity contribution is 0.311. The van der Waals surface area contributed by atoms with E-state index in [0.29, 0.717) is 45.8 Å². The summed E-state index contributed by atoms with van der Waals surface area (Å²) in [6, 6.07) is 12.9. The summed E-state index contributed by atoms with van der Waals surface area (Å²) in [4.78, 5) is 21.9. The first-order valence-electron chi connectivity index (χ1n) is 9.88. The first kappa shape index (κ1) is 21.0. The van der Waals surface area contributed by atoms with Crippen molar-refractivity contribution in [2.24, 2.45) is 7.05 Å². The van der Waals surface area contributed by atoms with Gasteiger partial charge in [0.05, 0.1) is 30.3 Å². The van der Waals surface area contributed by atoms with Gasteiger partial charge in [-0.25, -0.2) is 9.97 Å². The minimum Gasteiger partial charge on any atom is -0.493 e. The Bertz CT molecular complexity index is 1300. The van der Waals surface area contributed by atoms with Crippen LogP contribution in [0.1, 0.15) is 18.4 Å². The first-order chi connectivity index (χ1) is 15.0. The number of thioether (sulfide) groups is 1. The second-order valence-corrected chi connectivity index (χ2v) is 7.83. The van der Waals surface area contributed by atoms with Crippen LogP contribution in [-0.4, -0.2) is 28.3 Å². The van der Waals surface area contributed by atoms with Crippen LogP contribution in [0.25, 0.3) is 22.4 Å². The second-order valence-electron chi connectivity index (χ2n) is 6.88. The number of aryl methyl sites for hydroxylation is 1. The molecule has 0 aliphatic rings. The molecule has 2 aromatic heterocycles. The van der Waals surface area contributed by atoms with E-state index in [0.717, 1.165) is 17.0 Å². The molecule has 4 rings (SSSR count). The number of hydrogen-bond acceptors (Lipinski definition) is 7. The summed E-state index contributed by atoms with van der Waals surface area (Å²) in [5.74, 6) is 3.07. The van der Waals surface area contributed by atoms with Crippen molar-refractivity contribution in [3.05, 3.63) is 64.3 Å². The van der Waals surface area contributed by atoms with Crippen LogP contribution in [0.2, 0.25) is 0 Å². The number of nitrogens with zero attached hydrogens (tertiary/aromatic N) is 3. The molecular weight excluding hydrogens is 414 g/mol. The Kier molecular flexibility index (Phi) is 5.99. The molecule has 2 heterocycles. The van der Waals surface area contributed by atoms with E-state index in [1.54, 1.807) is 24.8 Å². The Balaban J connectivity index is 1.59. The highest BCUT2D eigenvalue weighted by Crippen LogP contribution is 2.33. The van der Waals surface area contributed by atoms with E-state index in [2.05, 4.69) is 9.97 Å². The van der Waals surface area contributed by atoms with Crippen molar-refractivity contribution < 1.29 is 13.9 Å². The minimum absolute atomic E-state index is 0.0628. The number of benzene rings is 2. The molecule has 0 radical (unpaired) electrons. The van der Waals surface area contributed by atoms with Crippen LogP contribution < -0.4 is 15.0 Å². The van der Waals surface area contributed by atoms with E-state index in [1.807, 2.05) is 50.2 Å². The predicted molar refractivity (Wildman–Crippen MR) is 121 cm³/mol. The highest BCUT2D eigenvalue weighted by molar-refractivity contribution is 7.98. The predicted octanol–water partition coefficient (Wildman–Crippen LogP) is 4.60. The van der Waals surface area contributed by atoms with Gasteiger partial charge in [-0.05, 0) is 44.2 Å². The van der Waals surface area contributed by atoms with Gasteiger partial charge in [0.25, 0.3) is 5.56 Å². The minimum atomic E-state index is -0.0628. The number of aromatic nitrogens is 3. The number of oxazole rings is 1. The third-order valence-electron chi connectivity index (χ3n) is 4.88. The Morgan fingerprint density at radius 3 is 2.71 bits per heavy atom. The van der Waals surface area contributed by atoms with Crippen molar-refractivity contribution in [1.82, 2.24) is 14.5 Å². The zero-order valence-electron chi connectivity index (χ0n) is 17.8. The Morgan fingerprint density at radius 1 is 1.13 bits per heavy atom. The molecule has 0 fully saturated rings. The van der Waals surface area contributed by atoms with Gasteiger partial charge in [0, 0.05) is 18.4 Å². The smallest absolute Gasteiger partial charge is 0.261 e. The van der Waals surface area contributed by atoms with E-state index in [-0.39, 0.29) is 5.56 Å². The summed E-state index contributed by atoms with van der Waals surface area (Å²) in [7, 11) is 3.34. The summed E-state index contributed by atoms with van der Waals surface area (Å²) in [6.45, 7) is 4.36. The summed E-state index contributed by atoms with van der Waals surface area (Å²) in [6.07, 6.45) is 0. The molecule has 0 saturated carbocycles. The largest absolute Gasteiger partial charge is 0.493 e. The van der Waals surface area contributed by atoms with Crippen molar-refractivity contribution in [3.8, 4) is 23.0 Å². The molecule has 31 heavy (non-hydrogen) atoms. The normalized spacial score (nSPS) is 11.1. The lowest BCUT2D eigenvalue weighted by Crippen LogP contribution is -2.19. The number of methoxy groups -OCH3 is 1. The van der Waals surface area contributed by atoms with Gasteiger partial charge in [0.1, 0.15) is 5.76 Å². The third-order valence-corrected chi connectivity index (χ3v) is 5.92. The molecule has 0 N–H and O–H groups in total. The van der Waals surface area contributed by atoms with Gasteiger partial charge in [-0.1, -0.05) is 23.9 Å². The molecule has 0 unspecified atom stereocenters. The molecule has 2 aromatic carbocycles. The van der Waals surface area contributed by atoms with Crippen LogP contribution in [0.3, 0.4) is 0 Å². The molecule has 0 aliphatic carbocycles. The van der Waals surface area contributed by atoms with E-state index < -0.39 is 0 Å². The lowest BCUT2D eigenvalue weighted by atomic mass is 10.2. The van der Waals surface area contributed by atoms with E-state index in [1.165, 1.54) is 11.8 Å². The fourth-order valence-corrected chi connectivity index (χ4v) is 4.19. The van der Waals surface area contributed by atoms with E-state index in [4.69, 9.17) is 13.9 Å². The monoisotopic (exact) mass is 437 g/mol. The molecule has 0 bridgehead atoms. The fourth-order valence-electron chi connectivity index (χ4n) is 3.22. The summed E-state index contributed by atoms with van der Waals surface area (Å²) < 4.78 is 18.5. The molecule has 8 heteroatoms. The van der Waals surface area contributed by atoms with Crippen LogP contribution in [-0.2, 0) is 12.8 Å². The average molecular weight is 438 g/mol. The van der Waals surface area contributed by atoms with Crippen LogP contribution >= 0.6 is 11.8 Å². The highest BCUT2D eigenvalue weighted by Gasteiger charge is 2.16. The number of hydrogen-bond donors (Lipinski definition) is 0. The molecule has 0 amide bonds. The van der Waals surface area contributed by atoms with Crippen molar-refractivity contribution in [3.63, 3.8) is 0 Å². The summed E-state index contributed by atoms with van der Waals surface area (Å²) >= 11 is 1.45. The van der Waals surface area contributed by atoms with Gasteiger partial charge in [0.15, 0.2) is 16.7 Å². The van der Waals surface area contributed by atoms with E-state index >= 15 is 0 Å². The van der Waals surface area contributed by atoms with E-state index in [9.17, 15) is 4.79 Å². The quantitative estimate of drug-likeness (QED) is 0.309.